The summed E-state index contributed by atoms with van der Waals surface area (Å²) in [7, 11) is 0. The van der Waals surface area contributed by atoms with Crippen molar-refractivity contribution >= 4 is 23.2 Å². The van der Waals surface area contributed by atoms with E-state index in [0.717, 1.165) is 22.3 Å². The number of anilines is 1. The molecular formula is C29H29FN4O4. The summed E-state index contributed by atoms with van der Waals surface area (Å²) in [6.07, 6.45) is -1.06. The molecule has 3 rings (SSSR count). The van der Waals surface area contributed by atoms with E-state index in [0.29, 0.717) is 17.9 Å². The van der Waals surface area contributed by atoms with Gasteiger partial charge in [-0.05, 0) is 73.5 Å². The first-order chi connectivity index (χ1) is 18.2. The van der Waals surface area contributed by atoms with Crippen LogP contribution in [0.15, 0.2) is 77.8 Å². The van der Waals surface area contributed by atoms with Crippen molar-refractivity contribution in [2.24, 2.45) is 4.99 Å². The smallest absolute Gasteiger partial charge is 0.270 e. The maximum absolute atomic E-state index is 12.9. The second kappa shape index (κ2) is 13.8. The Morgan fingerprint density at radius 3 is 2.08 bits per heavy atom. The van der Waals surface area contributed by atoms with Gasteiger partial charge in [0.15, 0.2) is 6.04 Å². The third-order valence-corrected chi connectivity index (χ3v) is 5.52. The SMILES string of the molecule is CC(=N[C@H](C(=O)NO)[C@@H](C)O)c1ccc(C#Cc2ccc(NC(=O)CNCc3ccc(F)cc3)cc2)cc1. The molecule has 0 fully saturated rings. The van der Waals surface area contributed by atoms with E-state index in [1.165, 1.54) is 24.5 Å². The first-order valence-corrected chi connectivity index (χ1v) is 11.9. The van der Waals surface area contributed by atoms with Crippen LogP contribution in [-0.4, -0.2) is 46.5 Å². The van der Waals surface area contributed by atoms with Crippen molar-refractivity contribution in [1.82, 2.24) is 10.8 Å². The van der Waals surface area contributed by atoms with Crippen LogP contribution in [0.5, 0.6) is 0 Å². The van der Waals surface area contributed by atoms with Crippen LogP contribution in [0.3, 0.4) is 0 Å². The molecule has 0 spiro atoms. The number of aliphatic imine (C=N–C) groups is 1. The highest BCUT2D eigenvalue weighted by Crippen LogP contribution is 2.11. The van der Waals surface area contributed by atoms with Gasteiger partial charge in [-0.3, -0.25) is 19.8 Å². The Morgan fingerprint density at radius 2 is 1.53 bits per heavy atom. The van der Waals surface area contributed by atoms with E-state index >= 15 is 0 Å². The number of hydroxylamine groups is 1. The van der Waals surface area contributed by atoms with Crippen molar-refractivity contribution < 1.29 is 24.3 Å². The highest BCUT2D eigenvalue weighted by atomic mass is 19.1. The highest BCUT2D eigenvalue weighted by Gasteiger charge is 2.22. The average molecular weight is 517 g/mol. The molecular weight excluding hydrogens is 487 g/mol. The Kier molecular flexibility index (Phi) is 10.3. The van der Waals surface area contributed by atoms with E-state index in [-0.39, 0.29) is 18.3 Å². The lowest BCUT2D eigenvalue weighted by Crippen LogP contribution is -2.38. The maximum Gasteiger partial charge on any atom is 0.270 e. The normalized spacial score (nSPS) is 12.6. The Labute approximate surface area is 220 Å². The lowest BCUT2D eigenvalue weighted by Gasteiger charge is -2.14. The largest absolute Gasteiger partial charge is 0.391 e. The van der Waals surface area contributed by atoms with Crippen LogP contribution < -0.4 is 16.1 Å². The first kappa shape index (κ1) is 28.2. The molecule has 196 valence electrons. The number of rotatable bonds is 9. The van der Waals surface area contributed by atoms with E-state index in [1.807, 2.05) is 36.4 Å². The third-order valence-electron chi connectivity index (χ3n) is 5.52. The fourth-order valence-corrected chi connectivity index (χ4v) is 3.44. The first-order valence-electron chi connectivity index (χ1n) is 11.9. The molecule has 0 aromatic heterocycles. The van der Waals surface area contributed by atoms with E-state index in [1.54, 1.807) is 31.2 Å². The molecule has 5 N–H and O–H groups in total. The number of aliphatic hydroxyl groups excluding tert-OH is 1. The van der Waals surface area contributed by atoms with E-state index in [2.05, 4.69) is 27.5 Å². The minimum absolute atomic E-state index is 0.118. The molecule has 0 unspecified atom stereocenters. The molecule has 0 aliphatic rings. The van der Waals surface area contributed by atoms with Gasteiger partial charge in [0.1, 0.15) is 5.82 Å². The molecule has 0 radical (unpaired) electrons. The molecule has 9 heteroatoms. The number of amides is 2. The lowest BCUT2D eigenvalue weighted by atomic mass is 10.1. The number of carbonyl (C=O) groups excluding carboxylic acids is 2. The van der Waals surface area contributed by atoms with Gasteiger partial charge in [0.2, 0.25) is 5.91 Å². The van der Waals surface area contributed by atoms with Gasteiger partial charge in [-0.25, -0.2) is 9.87 Å². The van der Waals surface area contributed by atoms with Gasteiger partial charge >= 0.3 is 0 Å². The summed E-state index contributed by atoms with van der Waals surface area (Å²) in [4.78, 5) is 28.1. The van der Waals surface area contributed by atoms with Gasteiger partial charge in [-0.1, -0.05) is 36.1 Å². The molecule has 0 bridgehead atoms. The molecule has 2 atom stereocenters. The fraction of sp³-hybridized carbons (Fsp3) is 0.207. The van der Waals surface area contributed by atoms with Gasteiger partial charge in [-0.2, -0.15) is 0 Å². The van der Waals surface area contributed by atoms with Crippen LogP contribution in [0.2, 0.25) is 0 Å². The quantitative estimate of drug-likeness (QED) is 0.130. The number of benzene rings is 3. The molecule has 0 saturated carbocycles. The van der Waals surface area contributed by atoms with Crippen molar-refractivity contribution in [3.05, 3.63) is 101 Å². The number of carbonyl (C=O) groups is 2. The predicted octanol–water partition coefficient (Wildman–Crippen LogP) is 3.02. The summed E-state index contributed by atoms with van der Waals surface area (Å²) in [6.45, 7) is 3.71. The third kappa shape index (κ3) is 8.64. The standard InChI is InChI=1S/C29H29FN4O4/c1-19(32-28(20(2)35)29(37)34-38)24-11-5-21(6-12-24)3-4-22-9-15-26(16-10-22)33-27(36)18-31-17-23-7-13-25(30)14-8-23/h5-16,20,28,31,35,38H,17-18H2,1-2H3,(H,33,36)(H,34,37)/t20-,28+/m1/s1. The van der Waals surface area contributed by atoms with Crippen molar-refractivity contribution in [1.29, 1.82) is 0 Å². The van der Waals surface area contributed by atoms with E-state index in [4.69, 9.17) is 5.21 Å². The molecule has 0 saturated heterocycles. The minimum Gasteiger partial charge on any atom is -0.391 e. The number of aliphatic hydroxyl groups is 1. The van der Waals surface area contributed by atoms with Gasteiger partial charge in [-0.15, -0.1) is 0 Å². The number of hydrogen-bond donors (Lipinski definition) is 5. The molecule has 3 aromatic rings. The maximum atomic E-state index is 12.9. The van der Waals surface area contributed by atoms with Gasteiger partial charge in [0.25, 0.3) is 5.91 Å². The van der Waals surface area contributed by atoms with Crippen LogP contribution in [0.1, 0.15) is 36.1 Å². The van der Waals surface area contributed by atoms with Crippen LogP contribution >= 0.6 is 0 Å². The van der Waals surface area contributed by atoms with Crippen LogP contribution in [0.25, 0.3) is 0 Å². The molecule has 3 aromatic carbocycles. The summed E-state index contributed by atoms with van der Waals surface area (Å²) < 4.78 is 12.9. The Morgan fingerprint density at radius 1 is 0.947 bits per heavy atom. The Bertz CT molecular complexity index is 1330. The monoisotopic (exact) mass is 516 g/mol. The van der Waals surface area contributed by atoms with Crippen molar-refractivity contribution in [3.8, 4) is 11.8 Å². The molecule has 0 heterocycles. The summed E-state index contributed by atoms with van der Waals surface area (Å²) in [5.74, 6) is 4.87. The summed E-state index contributed by atoms with van der Waals surface area (Å²) >= 11 is 0. The summed E-state index contributed by atoms with van der Waals surface area (Å²) in [5.41, 5.74) is 5.87. The van der Waals surface area contributed by atoms with E-state index < -0.39 is 18.1 Å². The van der Waals surface area contributed by atoms with E-state index in [9.17, 15) is 19.1 Å². The summed E-state index contributed by atoms with van der Waals surface area (Å²) in [5, 5.41) is 24.4. The van der Waals surface area contributed by atoms with Crippen molar-refractivity contribution in [3.63, 3.8) is 0 Å². The van der Waals surface area contributed by atoms with Gasteiger partial charge < -0.3 is 15.7 Å². The molecule has 0 aliphatic heterocycles. The zero-order chi connectivity index (χ0) is 27.5. The topological polar surface area (TPSA) is 123 Å². The van der Waals surface area contributed by atoms with Crippen LogP contribution in [0, 0.1) is 17.7 Å². The van der Waals surface area contributed by atoms with Crippen molar-refractivity contribution in [2.75, 3.05) is 11.9 Å². The molecule has 8 nitrogen and oxygen atoms in total. The number of halogens is 1. The fourth-order valence-electron chi connectivity index (χ4n) is 3.44. The molecule has 0 aliphatic carbocycles. The minimum atomic E-state index is -1.12. The van der Waals surface area contributed by atoms with Gasteiger partial charge in [0, 0.05) is 29.1 Å². The lowest BCUT2D eigenvalue weighted by molar-refractivity contribution is -0.132. The number of nitrogens with zero attached hydrogens (tertiary/aromatic N) is 1. The summed E-state index contributed by atoms with van der Waals surface area (Å²) in [6, 6.07) is 19.4. The Hall–Kier alpha value is -4.36. The zero-order valence-electron chi connectivity index (χ0n) is 21.0. The molecule has 38 heavy (non-hydrogen) atoms. The zero-order valence-corrected chi connectivity index (χ0v) is 21.0. The van der Waals surface area contributed by atoms with Crippen molar-refractivity contribution in [2.45, 2.75) is 32.5 Å². The van der Waals surface area contributed by atoms with Crippen LogP contribution in [-0.2, 0) is 16.1 Å². The predicted molar refractivity (Wildman–Crippen MR) is 143 cm³/mol. The van der Waals surface area contributed by atoms with Crippen LogP contribution in [0.4, 0.5) is 10.1 Å². The number of hydrogen-bond acceptors (Lipinski definition) is 6. The highest BCUT2D eigenvalue weighted by molar-refractivity contribution is 6.00. The Balaban J connectivity index is 1.53. The molecule has 2 amide bonds. The second-order valence-electron chi connectivity index (χ2n) is 8.56. The second-order valence-corrected chi connectivity index (χ2v) is 8.56. The van der Waals surface area contributed by atoms with Gasteiger partial charge in [0.05, 0.1) is 12.6 Å². The average Bonchev–Trinajstić information content (AvgIpc) is 2.92. The number of nitrogens with one attached hydrogen (secondary N) is 3.